The van der Waals surface area contributed by atoms with Crippen LogP contribution in [0.4, 0.5) is 0 Å². The average molecular weight is 291 g/mol. The summed E-state index contributed by atoms with van der Waals surface area (Å²) in [6.45, 7) is 9.08. The number of hydrogen-bond acceptors (Lipinski definition) is 2. The van der Waals surface area contributed by atoms with Crippen LogP contribution in [0.3, 0.4) is 0 Å². The lowest BCUT2D eigenvalue weighted by Crippen LogP contribution is -2.40. The van der Waals surface area contributed by atoms with E-state index >= 15 is 0 Å². The standard InChI is InChI=1S/C17H29N3O/c1-6-17(2,3)15-8-7-11-20(15)12-13-9-10-14(18-13)16(21)19(4)5/h9-10,15,18H,6-8,11-12H2,1-5H3/t15-/m1/s1. The summed E-state index contributed by atoms with van der Waals surface area (Å²) >= 11 is 0. The molecule has 1 amide bonds. The number of hydrogen-bond donors (Lipinski definition) is 1. The molecule has 0 spiro atoms. The van der Waals surface area contributed by atoms with E-state index in [1.807, 2.05) is 12.1 Å². The molecule has 0 aromatic carbocycles. The second kappa shape index (κ2) is 6.22. The van der Waals surface area contributed by atoms with E-state index in [1.165, 1.54) is 19.3 Å². The van der Waals surface area contributed by atoms with Gasteiger partial charge in [0, 0.05) is 32.4 Å². The van der Waals surface area contributed by atoms with Crippen molar-refractivity contribution in [3.05, 3.63) is 23.5 Å². The Kier molecular flexibility index (Phi) is 4.77. The van der Waals surface area contributed by atoms with E-state index in [0.29, 0.717) is 17.2 Å². The molecule has 1 atom stereocenters. The van der Waals surface area contributed by atoms with Crippen molar-refractivity contribution in [3.63, 3.8) is 0 Å². The molecule has 0 bridgehead atoms. The lowest BCUT2D eigenvalue weighted by atomic mass is 9.80. The zero-order valence-electron chi connectivity index (χ0n) is 14.1. The Morgan fingerprint density at radius 3 is 2.76 bits per heavy atom. The quantitative estimate of drug-likeness (QED) is 0.905. The summed E-state index contributed by atoms with van der Waals surface area (Å²) in [5.41, 5.74) is 2.17. The first-order valence-corrected chi connectivity index (χ1v) is 7.98. The van der Waals surface area contributed by atoms with Gasteiger partial charge in [-0.1, -0.05) is 20.8 Å². The van der Waals surface area contributed by atoms with Gasteiger partial charge < -0.3 is 9.88 Å². The average Bonchev–Trinajstić information content (AvgIpc) is 3.07. The number of rotatable bonds is 5. The molecule has 118 valence electrons. The van der Waals surface area contributed by atoms with Crippen LogP contribution >= 0.6 is 0 Å². The van der Waals surface area contributed by atoms with Gasteiger partial charge >= 0.3 is 0 Å². The van der Waals surface area contributed by atoms with Gasteiger partial charge in [-0.25, -0.2) is 0 Å². The summed E-state index contributed by atoms with van der Waals surface area (Å²) in [5.74, 6) is 0.0353. The van der Waals surface area contributed by atoms with Gasteiger partial charge in [0.25, 0.3) is 5.91 Å². The number of nitrogens with one attached hydrogen (secondary N) is 1. The number of carbonyl (C=O) groups is 1. The molecule has 4 heteroatoms. The van der Waals surface area contributed by atoms with Crippen molar-refractivity contribution in [1.29, 1.82) is 0 Å². The minimum atomic E-state index is 0.0353. The number of amides is 1. The molecule has 2 rings (SSSR count). The van der Waals surface area contributed by atoms with Crippen LogP contribution in [0.15, 0.2) is 12.1 Å². The first kappa shape index (κ1) is 16.1. The Morgan fingerprint density at radius 1 is 1.43 bits per heavy atom. The predicted octanol–water partition coefficient (Wildman–Crippen LogP) is 3.12. The van der Waals surface area contributed by atoms with Crippen molar-refractivity contribution in [3.8, 4) is 0 Å². The number of aromatic nitrogens is 1. The molecule has 1 aromatic heterocycles. The van der Waals surface area contributed by atoms with E-state index in [2.05, 4.69) is 30.7 Å². The fraction of sp³-hybridized carbons (Fsp3) is 0.706. The normalized spacial score (nSPS) is 20.0. The molecule has 0 unspecified atom stereocenters. The lowest BCUT2D eigenvalue weighted by Gasteiger charge is -2.37. The number of aromatic amines is 1. The van der Waals surface area contributed by atoms with E-state index in [4.69, 9.17) is 0 Å². The van der Waals surface area contributed by atoms with Crippen LogP contribution in [-0.2, 0) is 6.54 Å². The summed E-state index contributed by atoms with van der Waals surface area (Å²) in [7, 11) is 3.56. The van der Waals surface area contributed by atoms with E-state index in [0.717, 1.165) is 18.8 Å². The minimum absolute atomic E-state index is 0.0353. The zero-order valence-corrected chi connectivity index (χ0v) is 14.1. The fourth-order valence-corrected chi connectivity index (χ4v) is 3.25. The highest BCUT2D eigenvalue weighted by Crippen LogP contribution is 2.36. The van der Waals surface area contributed by atoms with Crippen LogP contribution in [0, 0.1) is 5.41 Å². The van der Waals surface area contributed by atoms with Gasteiger partial charge in [-0.2, -0.15) is 0 Å². The van der Waals surface area contributed by atoms with Crippen molar-refractivity contribution in [2.24, 2.45) is 5.41 Å². The molecule has 1 N–H and O–H groups in total. The first-order valence-electron chi connectivity index (χ1n) is 7.98. The third kappa shape index (κ3) is 3.49. The highest BCUT2D eigenvalue weighted by Gasteiger charge is 2.36. The van der Waals surface area contributed by atoms with E-state index in [1.54, 1.807) is 19.0 Å². The van der Waals surface area contributed by atoms with Crippen LogP contribution in [-0.4, -0.2) is 47.4 Å². The fourth-order valence-electron chi connectivity index (χ4n) is 3.25. The van der Waals surface area contributed by atoms with Crippen LogP contribution in [0.1, 0.15) is 56.2 Å². The minimum Gasteiger partial charge on any atom is -0.353 e. The molecule has 1 fully saturated rings. The SMILES string of the molecule is CCC(C)(C)[C@H]1CCCN1Cc1ccc(C(=O)N(C)C)[nH]1. The molecule has 2 heterocycles. The van der Waals surface area contributed by atoms with Gasteiger partial charge in [0.15, 0.2) is 0 Å². The summed E-state index contributed by atoms with van der Waals surface area (Å²) < 4.78 is 0. The Morgan fingerprint density at radius 2 is 2.14 bits per heavy atom. The summed E-state index contributed by atoms with van der Waals surface area (Å²) in [5, 5.41) is 0. The predicted molar refractivity (Wildman–Crippen MR) is 86.3 cm³/mol. The molecule has 0 radical (unpaired) electrons. The summed E-state index contributed by atoms with van der Waals surface area (Å²) in [4.78, 5) is 19.4. The van der Waals surface area contributed by atoms with Crippen molar-refractivity contribution in [2.45, 2.75) is 52.6 Å². The topological polar surface area (TPSA) is 39.3 Å². The van der Waals surface area contributed by atoms with Crippen LogP contribution in [0.25, 0.3) is 0 Å². The van der Waals surface area contributed by atoms with Gasteiger partial charge in [-0.3, -0.25) is 9.69 Å². The molecule has 0 aliphatic carbocycles. The van der Waals surface area contributed by atoms with Gasteiger partial charge in [0.05, 0.1) is 0 Å². The number of H-pyrrole nitrogens is 1. The van der Waals surface area contributed by atoms with Gasteiger partial charge in [-0.05, 0) is 43.4 Å². The summed E-state index contributed by atoms with van der Waals surface area (Å²) in [6, 6.07) is 4.58. The maximum absolute atomic E-state index is 11.9. The molecular formula is C17H29N3O. The van der Waals surface area contributed by atoms with E-state index < -0.39 is 0 Å². The third-order valence-electron chi connectivity index (χ3n) is 4.93. The molecule has 1 aliphatic heterocycles. The Hall–Kier alpha value is -1.29. The molecule has 21 heavy (non-hydrogen) atoms. The molecule has 4 nitrogen and oxygen atoms in total. The monoisotopic (exact) mass is 291 g/mol. The third-order valence-corrected chi connectivity index (χ3v) is 4.93. The highest BCUT2D eigenvalue weighted by molar-refractivity contribution is 5.92. The van der Waals surface area contributed by atoms with Crippen LogP contribution < -0.4 is 0 Å². The lowest BCUT2D eigenvalue weighted by molar-refractivity contribution is 0.0821. The maximum atomic E-state index is 11.9. The molecule has 1 aromatic rings. The highest BCUT2D eigenvalue weighted by atomic mass is 16.2. The number of nitrogens with zero attached hydrogens (tertiary/aromatic N) is 2. The van der Waals surface area contributed by atoms with Gasteiger partial charge in [0.1, 0.15) is 5.69 Å². The number of carbonyl (C=O) groups excluding carboxylic acids is 1. The van der Waals surface area contributed by atoms with Crippen molar-refractivity contribution < 1.29 is 4.79 Å². The second-order valence-corrected chi connectivity index (χ2v) is 7.07. The molecule has 1 saturated heterocycles. The summed E-state index contributed by atoms with van der Waals surface area (Å²) in [6.07, 6.45) is 3.76. The van der Waals surface area contributed by atoms with Crippen LogP contribution in [0.5, 0.6) is 0 Å². The van der Waals surface area contributed by atoms with Crippen molar-refractivity contribution in [1.82, 2.24) is 14.8 Å². The van der Waals surface area contributed by atoms with E-state index in [-0.39, 0.29) is 5.91 Å². The Balaban J connectivity index is 2.06. The Bertz CT molecular complexity index is 490. The molecule has 0 saturated carbocycles. The molecule has 1 aliphatic rings. The van der Waals surface area contributed by atoms with E-state index in [9.17, 15) is 4.79 Å². The Labute approximate surface area is 128 Å². The maximum Gasteiger partial charge on any atom is 0.269 e. The number of likely N-dealkylation sites (tertiary alicyclic amines) is 1. The van der Waals surface area contributed by atoms with Gasteiger partial charge in [0.2, 0.25) is 0 Å². The largest absolute Gasteiger partial charge is 0.353 e. The van der Waals surface area contributed by atoms with Crippen LogP contribution in [0.2, 0.25) is 0 Å². The second-order valence-electron chi connectivity index (χ2n) is 7.07. The zero-order chi connectivity index (χ0) is 15.6. The van der Waals surface area contributed by atoms with Gasteiger partial charge in [-0.15, -0.1) is 0 Å². The molecular weight excluding hydrogens is 262 g/mol. The van der Waals surface area contributed by atoms with Crippen molar-refractivity contribution in [2.75, 3.05) is 20.6 Å². The smallest absolute Gasteiger partial charge is 0.269 e. The van der Waals surface area contributed by atoms with Crippen molar-refractivity contribution >= 4 is 5.91 Å². The first-order chi connectivity index (χ1) is 9.85.